The van der Waals surface area contributed by atoms with Gasteiger partial charge in [0.05, 0.1) is 5.75 Å². The number of unbranched alkanes of at least 4 members (excludes halogenated alkanes) is 1. The van der Waals surface area contributed by atoms with Crippen molar-refractivity contribution >= 4 is 10.0 Å². The van der Waals surface area contributed by atoms with Gasteiger partial charge in [0.15, 0.2) is 0 Å². The Kier molecular flexibility index (Phi) is 9.52. The lowest BCUT2D eigenvalue weighted by atomic mass is 9.83. The molecule has 0 bridgehead atoms. The van der Waals surface area contributed by atoms with E-state index in [0.29, 0.717) is 5.92 Å². The summed E-state index contributed by atoms with van der Waals surface area (Å²) in [6.45, 7) is 6.17. The van der Waals surface area contributed by atoms with Crippen LogP contribution >= 0.6 is 0 Å². The maximum Gasteiger partial charge on any atom is 0.211 e. The fourth-order valence-corrected chi connectivity index (χ4v) is 4.71. The topological polar surface area (TPSA) is 58.2 Å². The summed E-state index contributed by atoms with van der Waals surface area (Å²) in [6, 6.07) is 0.147. The highest BCUT2D eigenvalue weighted by Gasteiger charge is 2.25. The van der Waals surface area contributed by atoms with Gasteiger partial charge in [-0.25, -0.2) is 13.1 Å². The molecule has 1 aliphatic rings. The molecule has 2 N–H and O–H groups in total. The van der Waals surface area contributed by atoms with Crippen LogP contribution in [0.3, 0.4) is 0 Å². The van der Waals surface area contributed by atoms with Gasteiger partial charge in [0.1, 0.15) is 0 Å². The smallest absolute Gasteiger partial charge is 0.211 e. The first kappa shape index (κ1) is 18.9. The molecule has 0 aromatic carbocycles. The molecule has 1 fully saturated rings. The van der Waals surface area contributed by atoms with E-state index < -0.39 is 10.0 Å². The third-order valence-corrected chi connectivity index (χ3v) is 5.92. The predicted octanol–water partition coefficient (Wildman–Crippen LogP) is 3.04. The number of sulfonamides is 1. The minimum Gasteiger partial charge on any atom is -0.317 e. The van der Waals surface area contributed by atoms with E-state index in [-0.39, 0.29) is 11.8 Å². The molecule has 5 heteroatoms. The lowest BCUT2D eigenvalue weighted by Gasteiger charge is -2.30. The molecule has 0 radical (unpaired) electrons. The Bertz CT molecular complexity index is 351. The minimum atomic E-state index is -3.11. The van der Waals surface area contributed by atoms with Crippen molar-refractivity contribution in [2.45, 2.75) is 77.7 Å². The third-order valence-electron chi connectivity index (χ3n) is 4.43. The number of hydrogen-bond acceptors (Lipinski definition) is 3. The van der Waals surface area contributed by atoms with Gasteiger partial charge in [-0.3, -0.25) is 0 Å². The summed E-state index contributed by atoms with van der Waals surface area (Å²) in [5.74, 6) is 0.814. The van der Waals surface area contributed by atoms with Gasteiger partial charge in [-0.15, -0.1) is 0 Å². The summed E-state index contributed by atoms with van der Waals surface area (Å²) in [5, 5.41) is 3.31. The van der Waals surface area contributed by atoms with Gasteiger partial charge in [0.25, 0.3) is 0 Å². The van der Waals surface area contributed by atoms with Crippen molar-refractivity contribution in [3.63, 3.8) is 0 Å². The fraction of sp³-hybridized carbons (Fsp3) is 1.00. The lowest BCUT2D eigenvalue weighted by molar-refractivity contribution is 0.285. The van der Waals surface area contributed by atoms with Crippen molar-refractivity contribution in [2.24, 2.45) is 5.92 Å². The average molecular weight is 319 g/mol. The van der Waals surface area contributed by atoms with Crippen LogP contribution in [0.1, 0.15) is 71.6 Å². The molecule has 0 heterocycles. The zero-order valence-electron chi connectivity index (χ0n) is 13.9. The maximum absolute atomic E-state index is 12.2. The molecule has 0 aromatic rings. The first-order chi connectivity index (χ1) is 10.1. The van der Waals surface area contributed by atoms with Gasteiger partial charge in [-0.2, -0.15) is 0 Å². The first-order valence-corrected chi connectivity index (χ1v) is 10.4. The first-order valence-electron chi connectivity index (χ1n) is 8.79. The van der Waals surface area contributed by atoms with E-state index in [1.54, 1.807) is 0 Å². The maximum atomic E-state index is 12.2. The highest BCUT2D eigenvalue weighted by Crippen LogP contribution is 2.28. The molecule has 1 unspecified atom stereocenters. The van der Waals surface area contributed by atoms with Crippen LogP contribution in [-0.4, -0.2) is 33.3 Å². The lowest BCUT2D eigenvalue weighted by Crippen LogP contribution is -2.41. The SMILES string of the molecule is CCCNCCCCS(=O)(=O)NC(CC)C1CCCCC1. The molecule has 0 saturated heterocycles. The zero-order valence-corrected chi connectivity index (χ0v) is 14.7. The standard InChI is InChI=1S/C16H34N2O2S/c1-3-12-17-13-8-9-14-21(19,20)18-16(4-2)15-10-6-5-7-11-15/h15-18H,3-14H2,1-2H3. The second kappa shape index (κ2) is 10.6. The van der Waals surface area contributed by atoms with Crippen molar-refractivity contribution in [1.29, 1.82) is 0 Å². The van der Waals surface area contributed by atoms with Crippen molar-refractivity contribution in [1.82, 2.24) is 10.0 Å². The molecule has 0 spiro atoms. The minimum absolute atomic E-state index is 0.147. The molecule has 126 valence electrons. The predicted molar refractivity (Wildman–Crippen MR) is 90.0 cm³/mol. The average Bonchev–Trinajstić information content (AvgIpc) is 2.49. The second-order valence-electron chi connectivity index (χ2n) is 6.31. The van der Waals surface area contributed by atoms with Gasteiger partial charge in [0, 0.05) is 6.04 Å². The Labute approximate surface area is 131 Å². The quantitative estimate of drug-likeness (QED) is 0.576. The van der Waals surface area contributed by atoms with Crippen LogP contribution < -0.4 is 10.0 Å². The fourth-order valence-electron chi connectivity index (χ4n) is 3.18. The van der Waals surface area contributed by atoms with Crippen LogP contribution in [0.2, 0.25) is 0 Å². The molecule has 1 rings (SSSR count). The molecule has 1 aliphatic carbocycles. The van der Waals surface area contributed by atoms with Crippen molar-refractivity contribution in [3.8, 4) is 0 Å². The third kappa shape index (κ3) is 8.17. The Morgan fingerprint density at radius 2 is 1.76 bits per heavy atom. The van der Waals surface area contributed by atoms with Gasteiger partial charge in [-0.05, 0) is 57.5 Å². The van der Waals surface area contributed by atoms with Crippen molar-refractivity contribution in [3.05, 3.63) is 0 Å². The molecule has 21 heavy (non-hydrogen) atoms. The van der Waals surface area contributed by atoms with E-state index in [2.05, 4.69) is 23.9 Å². The van der Waals surface area contributed by atoms with Gasteiger partial charge >= 0.3 is 0 Å². The Balaban J connectivity index is 2.28. The van der Waals surface area contributed by atoms with Crippen LogP contribution in [0, 0.1) is 5.92 Å². The molecule has 1 atom stereocenters. The van der Waals surface area contributed by atoms with E-state index in [0.717, 1.165) is 38.8 Å². The second-order valence-corrected chi connectivity index (χ2v) is 8.18. The Morgan fingerprint density at radius 3 is 2.38 bits per heavy atom. The Hall–Kier alpha value is -0.130. The van der Waals surface area contributed by atoms with Gasteiger partial charge in [0.2, 0.25) is 10.0 Å². The molecule has 0 aromatic heterocycles. The van der Waals surface area contributed by atoms with Gasteiger partial charge < -0.3 is 5.32 Å². The molecule has 0 amide bonds. The van der Waals surface area contributed by atoms with Crippen molar-refractivity contribution in [2.75, 3.05) is 18.8 Å². The normalized spacial score (nSPS) is 18.8. The number of nitrogens with one attached hydrogen (secondary N) is 2. The molecular weight excluding hydrogens is 284 g/mol. The largest absolute Gasteiger partial charge is 0.317 e. The van der Waals surface area contributed by atoms with Crippen LogP contribution in [0.4, 0.5) is 0 Å². The number of hydrogen-bond donors (Lipinski definition) is 2. The van der Waals surface area contributed by atoms with Gasteiger partial charge in [-0.1, -0.05) is 33.1 Å². The van der Waals surface area contributed by atoms with Crippen LogP contribution in [-0.2, 0) is 10.0 Å². The van der Waals surface area contributed by atoms with Crippen LogP contribution in [0.5, 0.6) is 0 Å². The van der Waals surface area contributed by atoms with Crippen LogP contribution in [0.15, 0.2) is 0 Å². The zero-order chi connectivity index (χ0) is 15.6. The van der Waals surface area contributed by atoms with Crippen LogP contribution in [0.25, 0.3) is 0 Å². The highest BCUT2D eigenvalue weighted by molar-refractivity contribution is 7.89. The van der Waals surface area contributed by atoms with E-state index in [1.165, 1.54) is 32.1 Å². The summed E-state index contributed by atoms with van der Waals surface area (Å²) in [7, 11) is -3.11. The molecule has 1 saturated carbocycles. The molecule has 4 nitrogen and oxygen atoms in total. The van der Waals surface area contributed by atoms with E-state index in [1.807, 2.05) is 0 Å². The molecule has 0 aliphatic heterocycles. The summed E-state index contributed by atoms with van der Waals surface area (Å²) in [6.07, 6.45) is 9.89. The molecular formula is C16H34N2O2S. The van der Waals surface area contributed by atoms with E-state index >= 15 is 0 Å². The number of rotatable bonds is 11. The summed E-state index contributed by atoms with van der Waals surface area (Å²) in [5.41, 5.74) is 0. The van der Waals surface area contributed by atoms with E-state index in [9.17, 15) is 8.42 Å². The summed E-state index contributed by atoms with van der Waals surface area (Å²) < 4.78 is 27.4. The monoisotopic (exact) mass is 318 g/mol. The highest BCUT2D eigenvalue weighted by atomic mass is 32.2. The van der Waals surface area contributed by atoms with Crippen molar-refractivity contribution < 1.29 is 8.42 Å². The Morgan fingerprint density at radius 1 is 1.05 bits per heavy atom. The van der Waals surface area contributed by atoms with E-state index in [4.69, 9.17) is 0 Å². The summed E-state index contributed by atoms with van der Waals surface area (Å²) in [4.78, 5) is 0. The summed E-state index contributed by atoms with van der Waals surface area (Å²) >= 11 is 0.